The van der Waals surface area contributed by atoms with Gasteiger partial charge in [0.2, 0.25) is 0 Å². The van der Waals surface area contributed by atoms with Crippen LogP contribution < -0.4 is 5.73 Å². The number of hydrogen-bond donors (Lipinski definition) is 2. The van der Waals surface area contributed by atoms with E-state index in [1.165, 1.54) is 37.7 Å². The molecule has 3 N–H and O–H groups in total. The third-order valence-corrected chi connectivity index (χ3v) is 5.15. The molecule has 5 nitrogen and oxygen atoms in total. The number of hydrogen-bond acceptors (Lipinski definition) is 4. The molecule has 0 spiro atoms. The van der Waals surface area contributed by atoms with E-state index in [4.69, 9.17) is 10.5 Å². The molecule has 28 heavy (non-hydrogen) atoms. The summed E-state index contributed by atoms with van der Waals surface area (Å²) in [6.45, 7) is 10.0. The first-order valence-corrected chi connectivity index (χ1v) is 10.5. The Labute approximate surface area is 168 Å². The van der Waals surface area contributed by atoms with Crippen molar-refractivity contribution in [1.29, 1.82) is 0 Å². The molecule has 0 bridgehead atoms. The molecule has 0 fully saturated rings. The lowest BCUT2D eigenvalue weighted by Gasteiger charge is -2.17. The zero-order valence-electron chi connectivity index (χ0n) is 17.8. The molecule has 0 aliphatic carbocycles. The van der Waals surface area contributed by atoms with E-state index in [2.05, 4.69) is 53.9 Å². The number of fused-ring (bicyclic) bond motifs is 3. The maximum absolute atomic E-state index is 6.18. The van der Waals surface area contributed by atoms with Gasteiger partial charge in [-0.15, -0.1) is 0 Å². The highest BCUT2D eigenvalue weighted by atomic mass is 16.5. The molecular weight excluding hydrogens is 348 g/mol. The van der Waals surface area contributed by atoms with Gasteiger partial charge in [0.1, 0.15) is 29.3 Å². The van der Waals surface area contributed by atoms with Crippen LogP contribution in [0.3, 0.4) is 0 Å². The van der Waals surface area contributed by atoms with Gasteiger partial charge < -0.3 is 15.5 Å². The van der Waals surface area contributed by atoms with Gasteiger partial charge in [-0.3, -0.25) is 0 Å². The number of unbranched alkanes of at least 4 members (excludes halogenated alkanes) is 3. The number of aromatic amines is 1. The van der Waals surface area contributed by atoms with Crippen molar-refractivity contribution in [2.75, 3.05) is 12.3 Å². The lowest BCUT2D eigenvalue weighted by molar-refractivity contribution is 0.129. The van der Waals surface area contributed by atoms with E-state index in [9.17, 15) is 0 Å². The molecule has 0 radical (unpaired) electrons. The number of H-pyrrole nitrogens is 1. The SMILES string of the molecule is CCOCc1nc2c([nH]1)c(N)nc1cc(CCCCCCC(C)(C)C)ccc12. The standard InChI is InChI=1S/C23H34N4O/c1-5-28-15-19-26-20-17-12-11-16(10-8-6-7-9-13-23(2,3)4)14-18(17)25-22(24)21(20)27-19/h11-12,14H,5-10,13,15H2,1-4H3,(H2,24,25)(H,26,27). The molecule has 3 aromatic rings. The predicted octanol–water partition coefficient (Wildman–Crippen LogP) is 5.77. The molecule has 0 saturated heterocycles. The smallest absolute Gasteiger partial charge is 0.150 e. The summed E-state index contributed by atoms with van der Waals surface area (Å²) in [7, 11) is 0. The molecule has 5 heteroatoms. The number of nitrogens with one attached hydrogen (secondary N) is 1. The molecule has 0 saturated carbocycles. The van der Waals surface area contributed by atoms with Crippen LogP contribution in [0.5, 0.6) is 0 Å². The summed E-state index contributed by atoms with van der Waals surface area (Å²) in [5, 5.41) is 1.04. The topological polar surface area (TPSA) is 76.8 Å². The van der Waals surface area contributed by atoms with Gasteiger partial charge in [-0.2, -0.15) is 0 Å². The molecule has 152 valence electrons. The van der Waals surface area contributed by atoms with E-state index in [-0.39, 0.29) is 0 Å². The lowest BCUT2D eigenvalue weighted by Crippen LogP contribution is -2.03. The molecule has 2 heterocycles. The molecule has 3 rings (SSSR count). The van der Waals surface area contributed by atoms with Gasteiger partial charge in [-0.05, 0) is 43.2 Å². The zero-order chi connectivity index (χ0) is 20.1. The molecular formula is C23H34N4O. The molecule has 0 amide bonds. The summed E-state index contributed by atoms with van der Waals surface area (Å²) < 4.78 is 5.46. The number of nitrogen functional groups attached to an aromatic ring is 1. The first-order chi connectivity index (χ1) is 13.4. The largest absolute Gasteiger partial charge is 0.382 e. The summed E-state index contributed by atoms with van der Waals surface area (Å²) in [6.07, 6.45) is 7.52. The Hall–Kier alpha value is -2.14. The minimum Gasteiger partial charge on any atom is -0.382 e. The maximum Gasteiger partial charge on any atom is 0.150 e. The molecule has 0 atom stereocenters. The number of nitrogens with zero attached hydrogens (tertiary/aromatic N) is 2. The monoisotopic (exact) mass is 382 g/mol. The Balaban J connectivity index is 1.67. The Morgan fingerprint density at radius 1 is 1.07 bits per heavy atom. The average molecular weight is 383 g/mol. The number of imidazole rings is 1. The van der Waals surface area contributed by atoms with Crippen molar-refractivity contribution in [3.8, 4) is 0 Å². The molecule has 0 aliphatic rings. The number of anilines is 1. The quantitative estimate of drug-likeness (QED) is 0.461. The maximum atomic E-state index is 6.18. The number of benzene rings is 1. The van der Waals surface area contributed by atoms with E-state index >= 15 is 0 Å². The van der Waals surface area contributed by atoms with Gasteiger partial charge in [0, 0.05) is 12.0 Å². The van der Waals surface area contributed by atoms with Gasteiger partial charge >= 0.3 is 0 Å². The number of rotatable bonds is 9. The second-order valence-corrected chi connectivity index (χ2v) is 8.87. The van der Waals surface area contributed by atoms with Gasteiger partial charge in [0.25, 0.3) is 0 Å². The van der Waals surface area contributed by atoms with Gasteiger partial charge in [0.15, 0.2) is 0 Å². The van der Waals surface area contributed by atoms with E-state index in [1.54, 1.807) is 0 Å². The fraction of sp³-hybridized carbons (Fsp3) is 0.565. The van der Waals surface area contributed by atoms with E-state index in [0.29, 0.717) is 24.4 Å². The van der Waals surface area contributed by atoms with Crippen LogP contribution >= 0.6 is 0 Å². The van der Waals surface area contributed by atoms with Crippen molar-refractivity contribution in [3.05, 3.63) is 29.6 Å². The van der Waals surface area contributed by atoms with Crippen molar-refractivity contribution in [2.24, 2.45) is 5.41 Å². The van der Waals surface area contributed by atoms with Gasteiger partial charge in [-0.25, -0.2) is 9.97 Å². The summed E-state index contributed by atoms with van der Waals surface area (Å²) in [5.74, 6) is 1.29. The van der Waals surface area contributed by atoms with Crippen molar-refractivity contribution in [3.63, 3.8) is 0 Å². The molecule has 0 unspecified atom stereocenters. The van der Waals surface area contributed by atoms with Crippen LogP contribution in [-0.2, 0) is 17.8 Å². The lowest BCUT2D eigenvalue weighted by atomic mass is 9.89. The molecule has 1 aromatic carbocycles. The highest BCUT2D eigenvalue weighted by molar-refractivity contribution is 6.06. The first-order valence-electron chi connectivity index (χ1n) is 10.5. The van der Waals surface area contributed by atoms with E-state index in [0.717, 1.165) is 34.2 Å². The third-order valence-electron chi connectivity index (χ3n) is 5.15. The Morgan fingerprint density at radius 3 is 2.61 bits per heavy atom. The van der Waals surface area contributed by atoms with Crippen LogP contribution in [0.4, 0.5) is 5.82 Å². The summed E-state index contributed by atoms with van der Waals surface area (Å²) >= 11 is 0. The van der Waals surface area contributed by atoms with Crippen molar-refractivity contribution in [1.82, 2.24) is 15.0 Å². The highest BCUT2D eigenvalue weighted by Gasteiger charge is 2.12. The fourth-order valence-corrected chi connectivity index (χ4v) is 3.62. The van der Waals surface area contributed by atoms with Crippen LogP contribution in [0.1, 0.15) is 71.2 Å². The van der Waals surface area contributed by atoms with Gasteiger partial charge in [-0.1, -0.05) is 52.2 Å². The van der Waals surface area contributed by atoms with Crippen molar-refractivity contribution < 1.29 is 4.74 Å². The number of aryl methyl sites for hydroxylation is 1. The molecule has 2 aromatic heterocycles. The summed E-state index contributed by atoms with van der Waals surface area (Å²) in [5.41, 5.74) is 10.6. The van der Waals surface area contributed by atoms with Crippen LogP contribution in [0.15, 0.2) is 18.2 Å². The normalized spacial score (nSPS) is 12.3. The van der Waals surface area contributed by atoms with Crippen molar-refractivity contribution >= 4 is 27.8 Å². The van der Waals surface area contributed by atoms with Crippen LogP contribution in [-0.4, -0.2) is 21.6 Å². The minimum absolute atomic E-state index is 0.448. The van der Waals surface area contributed by atoms with E-state index in [1.807, 2.05) is 6.92 Å². The number of pyridine rings is 1. The average Bonchev–Trinajstić information content (AvgIpc) is 3.07. The second-order valence-electron chi connectivity index (χ2n) is 8.87. The zero-order valence-corrected chi connectivity index (χ0v) is 17.8. The minimum atomic E-state index is 0.448. The van der Waals surface area contributed by atoms with Crippen molar-refractivity contribution in [2.45, 2.75) is 72.8 Å². The second kappa shape index (κ2) is 8.91. The number of aromatic nitrogens is 3. The van der Waals surface area contributed by atoms with Gasteiger partial charge in [0.05, 0.1) is 5.52 Å². The Bertz CT molecular complexity index is 924. The first kappa shape index (κ1) is 20.6. The molecule has 0 aliphatic heterocycles. The Kier molecular flexibility index (Phi) is 6.55. The predicted molar refractivity (Wildman–Crippen MR) is 117 cm³/mol. The highest BCUT2D eigenvalue weighted by Crippen LogP contribution is 2.28. The van der Waals surface area contributed by atoms with E-state index < -0.39 is 0 Å². The Morgan fingerprint density at radius 2 is 1.86 bits per heavy atom. The summed E-state index contributed by atoms with van der Waals surface area (Å²) in [6, 6.07) is 6.49. The fourth-order valence-electron chi connectivity index (χ4n) is 3.62. The third kappa shape index (κ3) is 5.22. The van der Waals surface area contributed by atoms with Crippen LogP contribution in [0.2, 0.25) is 0 Å². The number of ether oxygens (including phenoxy) is 1. The van der Waals surface area contributed by atoms with Crippen LogP contribution in [0, 0.1) is 5.41 Å². The summed E-state index contributed by atoms with van der Waals surface area (Å²) in [4.78, 5) is 12.5. The number of nitrogens with two attached hydrogens (primary N) is 1. The van der Waals surface area contributed by atoms with Crippen LogP contribution in [0.25, 0.3) is 21.9 Å².